The van der Waals surface area contributed by atoms with E-state index in [1.54, 1.807) is 27.3 Å². The maximum absolute atomic E-state index is 12.6. The van der Waals surface area contributed by atoms with E-state index in [0.717, 1.165) is 11.4 Å². The largest absolute Gasteiger partial charge is 0.495 e. The number of aromatic nitrogens is 1. The standard InChI is InChI=1S/C26H35N3O7/c1-16(31)26(2)15-29(25(33)21(32)14-30)13-20(26)17-5-7-22(35-4)23(9-17)36-19-11-28(12-19)24-8-6-18(34-3)10-27-24/h5-10,16,19-21,30-32H,11-15H2,1-4H3/t16?,20-,21?,26-/m0/s1. The van der Waals surface area contributed by atoms with Crippen molar-refractivity contribution in [2.75, 3.05) is 51.9 Å². The molecule has 4 atom stereocenters. The van der Waals surface area contributed by atoms with Gasteiger partial charge in [-0.05, 0) is 36.8 Å². The van der Waals surface area contributed by atoms with E-state index >= 15 is 0 Å². The lowest BCUT2D eigenvalue weighted by Crippen LogP contribution is -2.54. The summed E-state index contributed by atoms with van der Waals surface area (Å²) >= 11 is 0. The fourth-order valence-electron chi connectivity index (χ4n) is 4.94. The first-order valence-electron chi connectivity index (χ1n) is 12.1. The van der Waals surface area contributed by atoms with Crippen LogP contribution in [0.5, 0.6) is 17.2 Å². The molecule has 2 aliphatic heterocycles. The summed E-state index contributed by atoms with van der Waals surface area (Å²) in [7, 11) is 3.19. The van der Waals surface area contributed by atoms with Gasteiger partial charge in [0.25, 0.3) is 5.91 Å². The molecule has 2 unspecified atom stereocenters. The second-order valence-electron chi connectivity index (χ2n) is 9.76. The SMILES string of the molecule is COc1ccc(N2CC(Oc3cc([C@@H]4CN(C(=O)C(O)CO)C[C@@]4(C)C(C)O)ccc3OC)C2)nc1. The van der Waals surface area contributed by atoms with Gasteiger partial charge in [-0.3, -0.25) is 4.79 Å². The molecule has 0 bridgehead atoms. The normalized spacial score (nSPS) is 23.7. The molecule has 2 aliphatic rings. The summed E-state index contributed by atoms with van der Waals surface area (Å²) in [5, 5.41) is 29.7. The highest BCUT2D eigenvalue weighted by molar-refractivity contribution is 5.81. The molecule has 0 spiro atoms. The Hall–Kier alpha value is -3.08. The Bertz CT molecular complexity index is 1060. The number of aliphatic hydroxyl groups excluding tert-OH is 3. The summed E-state index contributed by atoms with van der Waals surface area (Å²) in [5.41, 5.74) is 0.250. The molecule has 4 rings (SSSR count). The smallest absolute Gasteiger partial charge is 0.253 e. The predicted octanol–water partition coefficient (Wildman–Crippen LogP) is 1.03. The molecule has 0 aliphatic carbocycles. The van der Waals surface area contributed by atoms with Crippen LogP contribution in [0.1, 0.15) is 25.3 Å². The van der Waals surface area contributed by atoms with Crippen molar-refractivity contribution in [2.24, 2.45) is 5.41 Å². The Morgan fingerprint density at radius 3 is 2.47 bits per heavy atom. The number of hydrogen-bond donors (Lipinski definition) is 3. The van der Waals surface area contributed by atoms with Gasteiger partial charge >= 0.3 is 0 Å². The van der Waals surface area contributed by atoms with Crippen molar-refractivity contribution in [3.05, 3.63) is 42.1 Å². The number of hydrogen-bond acceptors (Lipinski definition) is 9. The summed E-state index contributed by atoms with van der Waals surface area (Å²) < 4.78 is 17.0. The predicted molar refractivity (Wildman–Crippen MR) is 133 cm³/mol. The minimum absolute atomic E-state index is 0.0532. The van der Waals surface area contributed by atoms with E-state index in [1.165, 1.54) is 4.90 Å². The summed E-state index contributed by atoms with van der Waals surface area (Å²) in [5.74, 6) is 2.00. The number of ether oxygens (including phenoxy) is 3. The fraction of sp³-hybridized carbons (Fsp3) is 0.538. The first-order chi connectivity index (χ1) is 17.2. The Labute approximate surface area is 211 Å². The van der Waals surface area contributed by atoms with Crippen molar-refractivity contribution in [2.45, 2.75) is 38.1 Å². The zero-order valence-corrected chi connectivity index (χ0v) is 21.1. The van der Waals surface area contributed by atoms with E-state index in [0.29, 0.717) is 36.9 Å². The minimum atomic E-state index is -1.47. The number of carbonyl (C=O) groups excluding carboxylic acids is 1. The number of nitrogens with zero attached hydrogens (tertiary/aromatic N) is 3. The first kappa shape index (κ1) is 26.0. The third-order valence-corrected chi connectivity index (χ3v) is 7.47. The number of aliphatic hydroxyl groups is 3. The van der Waals surface area contributed by atoms with Gasteiger partial charge in [0.15, 0.2) is 17.6 Å². The van der Waals surface area contributed by atoms with Crippen molar-refractivity contribution >= 4 is 11.7 Å². The summed E-state index contributed by atoms with van der Waals surface area (Å²) in [6.45, 7) is 4.91. The van der Waals surface area contributed by atoms with E-state index in [1.807, 2.05) is 37.3 Å². The summed E-state index contributed by atoms with van der Waals surface area (Å²) in [6, 6.07) is 9.45. The number of benzene rings is 1. The highest BCUT2D eigenvalue weighted by atomic mass is 16.5. The third-order valence-electron chi connectivity index (χ3n) is 7.47. The van der Waals surface area contributed by atoms with Crippen LogP contribution in [0.25, 0.3) is 0 Å². The zero-order valence-electron chi connectivity index (χ0n) is 21.1. The lowest BCUT2D eigenvalue weighted by molar-refractivity contribution is -0.141. The molecule has 0 radical (unpaired) electrons. The Balaban J connectivity index is 1.50. The quantitative estimate of drug-likeness (QED) is 0.462. The number of amides is 1. The molecule has 1 amide bonds. The van der Waals surface area contributed by atoms with Gasteiger partial charge < -0.3 is 39.3 Å². The highest BCUT2D eigenvalue weighted by Gasteiger charge is 2.49. The maximum atomic E-state index is 12.6. The van der Waals surface area contributed by atoms with Crippen LogP contribution < -0.4 is 19.1 Å². The van der Waals surface area contributed by atoms with Crippen LogP contribution in [-0.2, 0) is 4.79 Å². The number of carbonyl (C=O) groups is 1. The summed E-state index contributed by atoms with van der Waals surface area (Å²) in [4.78, 5) is 20.6. The van der Waals surface area contributed by atoms with Crippen molar-refractivity contribution < 1.29 is 34.3 Å². The van der Waals surface area contributed by atoms with Gasteiger partial charge in [-0.25, -0.2) is 4.98 Å². The van der Waals surface area contributed by atoms with Gasteiger partial charge in [0, 0.05) is 24.4 Å². The molecular weight excluding hydrogens is 466 g/mol. The molecule has 1 aromatic carbocycles. The Morgan fingerprint density at radius 1 is 1.14 bits per heavy atom. The van der Waals surface area contributed by atoms with Gasteiger partial charge in [-0.15, -0.1) is 0 Å². The van der Waals surface area contributed by atoms with E-state index < -0.39 is 30.1 Å². The van der Waals surface area contributed by atoms with Gasteiger partial charge in [0.2, 0.25) is 0 Å². The number of pyridine rings is 1. The molecule has 10 nitrogen and oxygen atoms in total. The third kappa shape index (κ3) is 4.93. The van der Waals surface area contributed by atoms with Crippen LogP contribution in [0.15, 0.2) is 36.5 Å². The second-order valence-corrected chi connectivity index (χ2v) is 9.76. The molecule has 36 heavy (non-hydrogen) atoms. The van der Waals surface area contributed by atoms with E-state index in [-0.39, 0.29) is 18.6 Å². The van der Waals surface area contributed by atoms with Crippen LogP contribution in [0, 0.1) is 5.41 Å². The molecule has 3 N–H and O–H groups in total. The zero-order chi connectivity index (χ0) is 26.0. The lowest BCUT2D eigenvalue weighted by Gasteiger charge is -2.40. The molecule has 1 aromatic heterocycles. The van der Waals surface area contributed by atoms with Gasteiger partial charge in [0.1, 0.15) is 17.7 Å². The fourth-order valence-corrected chi connectivity index (χ4v) is 4.94. The van der Waals surface area contributed by atoms with Gasteiger partial charge in [-0.1, -0.05) is 13.0 Å². The van der Waals surface area contributed by atoms with Crippen LogP contribution in [-0.4, -0.2) is 96.4 Å². The van der Waals surface area contributed by atoms with Gasteiger partial charge in [0.05, 0.1) is 46.2 Å². The molecule has 2 aromatic rings. The van der Waals surface area contributed by atoms with Crippen molar-refractivity contribution in [1.82, 2.24) is 9.88 Å². The molecule has 196 valence electrons. The second kappa shape index (κ2) is 10.5. The van der Waals surface area contributed by atoms with Crippen molar-refractivity contribution in [3.8, 4) is 17.2 Å². The van der Waals surface area contributed by atoms with Crippen molar-refractivity contribution in [1.29, 1.82) is 0 Å². The van der Waals surface area contributed by atoms with E-state index in [4.69, 9.17) is 14.2 Å². The maximum Gasteiger partial charge on any atom is 0.253 e. The summed E-state index contributed by atoms with van der Waals surface area (Å²) in [6.07, 6.45) is -0.555. The van der Waals surface area contributed by atoms with Crippen LogP contribution in [0.4, 0.5) is 5.82 Å². The Kier molecular flexibility index (Phi) is 7.58. The molecule has 0 saturated carbocycles. The molecular formula is C26H35N3O7. The first-order valence-corrected chi connectivity index (χ1v) is 12.1. The average Bonchev–Trinajstić information content (AvgIpc) is 3.23. The van der Waals surface area contributed by atoms with Gasteiger partial charge in [-0.2, -0.15) is 0 Å². The topological polar surface area (TPSA) is 125 Å². The monoisotopic (exact) mass is 501 g/mol. The van der Waals surface area contributed by atoms with E-state index in [2.05, 4.69) is 9.88 Å². The molecule has 10 heteroatoms. The van der Waals surface area contributed by atoms with Crippen molar-refractivity contribution in [3.63, 3.8) is 0 Å². The molecule has 3 heterocycles. The van der Waals surface area contributed by atoms with Crippen LogP contribution >= 0.6 is 0 Å². The number of likely N-dealkylation sites (tertiary alicyclic amines) is 1. The average molecular weight is 502 g/mol. The highest BCUT2D eigenvalue weighted by Crippen LogP contribution is 2.47. The lowest BCUT2D eigenvalue weighted by atomic mass is 9.72. The number of methoxy groups -OCH3 is 2. The molecule has 2 saturated heterocycles. The number of rotatable bonds is 9. The number of anilines is 1. The molecule has 2 fully saturated rings. The van der Waals surface area contributed by atoms with E-state index in [9.17, 15) is 20.1 Å². The van der Waals surface area contributed by atoms with Crippen LogP contribution in [0.3, 0.4) is 0 Å². The minimum Gasteiger partial charge on any atom is -0.495 e. The Morgan fingerprint density at radius 2 is 1.89 bits per heavy atom. The van der Waals surface area contributed by atoms with Crippen LogP contribution in [0.2, 0.25) is 0 Å².